The summed E-state index contributed by atoms with van der Waals surface area (Å²) in [4.78, 5) is 2.43. The Morgan fingerprint density at radius 1 is 1.25 bits per heavy atom. The van der Waals surface area contributed by atoms with Crippen molar-refractivity contribution in [1.29, 1.82) is 0 Å². The summed E-state index contributed by atoms with van der Waals surface area (Å²) in [5.74, 6) is 0. The first kappa shape index (κ1) is 12.4. The molecule has 0 aliphatic rings. The molecule has 0 heterocycles. The first-order valence-corrected chi connectivity index (χ1v) is 5.74. The second kappa shape index (κ2) is 9.49. The van der Waals surface area contributed by atoms with Gasteiger partial charge in [-0.3, -0.25) is 0 Å². The molecule has 0 unspecified atom stereocenters. The van der Waals surface area contributed by atoms with Gasteiger partial charge in [-0.25, -0.2) is 0 Å². The molecule has 0 aromatic rings. The van der Waals surface area contributed by atoms with E-state index in [4.69, 9.17) is 4.74 Å². The second-order valence-corrected chi connectivity index (χ2v) is 3.67. The number of ether oxygens (including phenoxy) is 1. The lowest BCUT2D eigenvalue weighted by atomic mass is 10.3. The molecule has 0 atom stereocenters. The molecule has 0 saturated heterocycles. The van der Waals surface area contributed by atoms with Crippen molar-refractivity contribution in [3.05, 3.63) is 0 Å². The third-order valence-electron chi connectivity index (χ3n) is 1.84. The molecule has 0 aromatic carbocycles. The number of rotatable bonds is 8. The highest BCUT2D eigenvalue weighted by Crippen LogP contribution is 1.96. The van der Waals surface area contributed by atoms with Gasteiger partial charge in [-0.05, 0) is 13.0 Å². The van der Waals surface area contributed by atoms with Gasteiger partial charge in [0.15, 0.2) is 0 Å². The largest absolute Gasteiger partial charge is 0.383 e. The average molecular weight is 238 g/mol. The van der Waals surface area contributed by atoms with E-state index in [1.165, 1.54) is 19.4 Å². The van der Waals surface area contributed by atoms with Crippen molar-refractivity contribution >= 4 is 15.9 Å². The molecule has 3 heteroatoms. The fourth-order valence-corrected chi connectivity index (χ4v) is 1.56. The summed E-state index contributed by atoms with van der Waals surface area (Å²) in [6, 6.07) is 0. The van der Waals surface area contributed by atoms with Crippen LogP contribution in [-0.2, 0) is 4.74 Å². The van der Waals surface area contributed by atoms with Crippen LogP contribution < -0.4 is 0 Å². The van der Waals surface area contributed by atoms with Crippen molar-refractivity contribution in [3.63, 3.8) is 0 Å². The van der Waals surface area contributed by atoms with Crippen LogP contribution in [0.5, 0.6) is 0 Å². The summed E-state index contributed by atoms with van der Waals surface area (Å²) in [6.45, 7) is 6.45. The number of halogens is 1. The molecular weight excluding hydrogens is 218 g/mol. The molecule has 0 amide bonds. The molecule has 0 saturated carbocycles. The molecule has 12 heavy (non-hydrogen) atoms. The van der Waals surface area contributed by atoms with Crippen LogP contribution in [0.15, 0.2) is 0 Å². The molecular formula is C9H20BrNO. The summed E-state index contributed by atoms with van der Waals surface area (Å²) in [5, 5.41) is 1.06. The number of hydrogen-bond donors (Lipinski definition) is 0. The van der Waals surface area contributed by atoms with E-state index in [9.17, 15) is 0 Å². The first-order valence-electron chi connectivity index (χ1n) is 4.62. The standard InChI is InChI=1S/C9H20BrNO/c1-3-4-6-11(7-5-10)8-9-12-2/h3-9H2,1-2H3. The van der Waals surface area contributed by atoms with Crippen molar-refractivity contribution in [2.45, 2.75) is 19.8 Å². The first-order chi connectivity index (χ1) is 5.85. The molecule has 0 spiro atoms. The maximum Gasteiger partial charge on any atom is 0.0589 e. The van der Waals surface area contributed by atoms with Crippen LogP contribution in [0.4, 0.5) is 0 Å². The highest BCUT2D eigenvalue weighted by Gasteiger charge is 2.01. The topological polar surface area (TPSA) is 12.5 Å². The predicted octanol–water partition coefficient (Wildman–Crippen LogP) is 2.13. The monoisotopic (exact) mass is 237 g/mol. The molecule has 0 aliphatic carbocycles. The van der Waals surface area contributed by atoms with E-state index >= 15 is 0 Å². The SMILES string of the molecule is CCCCN(CCBr)CCOC. The zero-order valence-corrected chi connectivity index (χ0v) is 9.77. The lowest BCUT2D eigenvalue weighted by molar-refractivity contribution is 0.151. The smallest absolute Gasteiger partial charge is 0.0589 e. The number of unbranched alkanes of at least 4 members (excludes halogenated alkanes) is 1. The number of alkyl halides is 1. The van der Waals surface area contributed by atoms with Crippen LogP contribution in [0.3, 0.4) is 0 Å². The quantitative estimate of drug-likeness (QED) is 0.600. The predicted molar refractivity (Wildman–Crippen MR) is 57.0 cm³/mol. The molecule has 0 aliphatic heterocycles. The Bertz CT molecular complexity index is 82.6. The Kier molecular flexibility index (Phi) is 9.80. The fourth-order valence-electron chi connectivity index (χ4n) is 1.06. The van der Waals surface area contributed by atoms with Crippen LogP contribution in [0, 0.1) is 0 Å². The van der Waals surface area contributed by atoms with Gasteiger partial charge in [-0.2, -0.15) is 0 Å². The van der Waals surface area contributed by atoms with Crippen molar-refractivity contribution in [1.82, 2.24) is 4.90 Å². The minimum atomic E-state index is 0.844. The van der Waals surface area contributed by atoms with Crippen molar-refractivity contribution < 1.29 is 4.74 Å². The molecule has 0 bridgehead atoms. The Morgan fingerprint density at radius 2 is 2.00 bits per heavy atom. The molecule has 74 valence electrons. The highest BCUT2D eigenvalue weighted by atomic mass is 79.9. The second-order valence-electron chi connectivity index (χ2n) is 2.88. The number of hydrogen-bond acceptors (Lipinski definition) is 2. The van der Waals surface area contributed by atoms with E-state index in [-0.39, 0.29) is 0 Å². The van der Waals surface area contributed by atoms with E-state index < -0.39 is 0 Å². The maximum absolute atomic E-state index is 5.04. The van der Waals surface area contributed by atoms with E-state index in [0.717, 1.165) is 25.0 Å². The number of nitrogens with zero attached hydrogens (tertiary/aromatic N) is 1. The molecule has 0 fully saturated rings. The van der Waals surface area contributed by atoms with Gasteiger partial charge in [-0.15, -0.1) is 0 Å². The third-order valence-corrected chi connectivity index (χ3v) is 2.19. The maximum atomic E-state index is 5.04. The van der Waals surface area contributed by atoms with Gasteiger partial charge in [0.05, 0.1) is 6.61 Å². The summed E-state index contributed by atoms with van der Waals surface area (Å²) in [7, 11) is 1.76. The summed E-state index contributed by atoms with van der Waals surface area (Å²) in [6.07, 6.45) is 2.56. The van der Waals surface area contributed by atoms with Crippen LogP contribution >= 0.6 is 15.9 Å². The minimum Gasteiger partial charge on any atom is -0.383 e. The van der Waals surface area contributed by atoms with Crippen molar-refractivity contribution in [2.24, 2.45) is 0 Å². The van der Waals surface area contributed by atoms with Gasteiger partial charge in [-0.1, -0.05) is 29.3 Å². The van der Waals surface area contributed by atoms with Crippen molar-refractivity contribution in [3.8, 4) is 0 Å². The zero-order valence-electron chi connectivity index (χ0n) is 8.18. The fraction of sp³-hybridized carbons (Fsp3) is 1.00. The van der Waals surface area contributed by atoms with Gasteiger partial charge in [0.25, 0.3) is 0 Å². The normalized spacial score (nSPS) is 11.0. The van der Waals surface area contributed by atoms with E-state index in [2.05, 4.69) is 27.8 Å². The van der Waals surface area contributed by atoms with Crippen LogP contribution in [0.1, 0.15) is 19.8 Å². The zero-order chi connectivity index (χ0) is 9.23. The Hall–Kier alpha value is 0.400. The molecule has 0 N–H and O–H groups in total. The molecule has 0 radical (unpaired) electrons. The Labute approximate surface area is 84.4 Å². The van der Waals surface area contributed by atoms with Crippen LogP contribution in [0.25, 0.3) is 0 Å². The lowest BCUT2D eigenvalue weighted by Crippen LogP contribution is -2.30. The van der Waals surface area contributed by atoms with E-state index in [0.29, 0.717) is 0 Å². The number of methoxy groups -OCH3 is 1. The summed E-state index contributed by atoms with van der Waals surface area (Å²) < 4.78 is 5.04. The summed E-state index contributed by atoms with van der Waals surface area (Å²) in [5.41, 5.74) is 0. The van der Waals surface area contributed by atoms with E-state index in [1.807, 2.05) is 0 Å². The Morgan fingerprint density at radius 3 is 2.50 bits per heavy atom. The van der Waals surface area contributed by atoms with Crippen LogP contribution in [0.2, 0.25) is 0 Å². The van der Waals surface area contributed by atoms with Gasteiger partial charge < -0.3 is 9.64 Å². The minimum absolute atomic E-state index is 0.844. The molecule has 0 rings (SSSR count). The Balaban J connectivity index is 3.40. The van der Waals surface area contributed by atoms with Gasteiger partial charge >= 0.3 is 0 Å². The third kappa shape index (κ3) is 7.07. The molecule has 2 nitrogen and oxygen atoms in total. The van der Waals surface area contributed by atoms with Gasteiger partial charge in [0.2, 0.25) is 0 Å². The van der Waals surface area contributed by atoms with E-state index in [1.54, 1.807) is 7.11 Å². The van der Waals surface area contributed by atoms with Crippen molar-refractivity contribution in [2.75, 3.05) is 38.7 Å². The van der Waals surface area contributed by atoms with Crippen LogP contribution in [-0.4, -0.2) is 43.6 Å². The molecule has 0 aromatic heterocycles. The lowest BCUT2D eigenvalue weighted by Gasteiger charge is -2.20. The highest BCUT2D eigenvalue weighted by molar-refractivity contribution is 9.09. The van der Waals surface area contributed by atoms with Gasteiger partial charge in [0.1, 0.15) is 0 Å². The average Bonchev–Trinajstić information content (AvgIpc) is 2.10. The summed E-state index contributed by atoms with van der Waals surface area (Å²) >= 11 is 3.45. The van der Waals surface area contributed by atoms with Gasteiger partial charge in [0, 0.05) is 25.5 Å².